The van der Waals surface area contributed by atoms with Crippen LogP contribution in [0.5, 0.6) is 0 Å². The molecule has 2 amide bonds. The Balaban J connectivity index is 1.81. The molecule has 0 saturated carbocycles. The Kier molecular flexibility index (Phi) is 8.36. The van der Waals surface area contributed by atoms with Gasteiger partial charge in [0.15, 0.2) is 0 Å². The molecule has 5 heteroatoms. The lowest BCUT2D eigenvalue weighted by Gasteiger charge is -2.20. The second-order valence-corrected chi connectivity index (χ2v) is 6.60. The van der Waals surface area contributed by atoms with Gasteiger partial charge in [0.1, 0.15) is 6.61 Å². The van der Waals surface area contributed by atoms with Crippen molar-refractivity contribution in [3.8, 4) is 0 Å². The van der Waals surface area contributed by atoms with E-state index >= 15 is 0 Å². The van der Waals surface area contributed by atoms with E-state index in [1.54, 1.807) is 0 Å². The van der Waals surface area contributed by atoms with Crippen LogP contribution in [-0.2, 0) is 16.1 Å². The molecule has 5 nitrogen and oxygen atoms in total. The summed E-state index contributed by atoms with van der Waals surface area (Å²) < 4.78 is 5.26. The molecule has 0 aromatic heterocycles. The molecule has 0 heterocycles. The van der Waals surface area contributed by atoms with Crippen molar-refractivity contribution in [1.29, 1.82) is 0 Å². The minimum Gasteiger partial charge on any atom is -0.445 e. The largest absolute Gasteiger partial charge is 0.445 e. The molecule has 0 radical (unpaired) electrons. The number of hydrogen-bond donors (Lipinski definition) is 2. The number of alkyl carbamates (subject to hydrolysis) is 1. The fourth-order valence-electron chi connectivity index (χ4n) is 2.85. The van der Waals surface area contributed by atoms with Crippen molar-refractivity contribution in [1.82, 2.24) is 10.6 Å². The van der Waals surface area contributed by atoms with Crippen LogP contribution < -0.4 is 10.6 Å². The summed E-state index contributed by atoms with van der Waals surface area (Å²) in [5, 5.41) is 5.80. The Morgan fingerprint density at radius 2 is 1.59 bits per heavy atom. The molecule has 2 atom stereocenters. The van der Waals surface area contributed by atoms with Gasteiger partial charge in [0.2, 0.25) is 5.91 Å². The van der Waals surface area contributed by atoms with E-state index in [1.807, 2.05) is 74.5 Å². The molecule has 2 aromatic rings. The number of carbonyl (C=O) groups is 2. The van der Waals surface area contributed by atoms with Gasteiger partial charge >= 0.3 is 6.09 Å². The van der Waals surface area contributed by atoms with Gasteiger partial charge in [-0.05, 0) is 24.5 Å². The zero-order chi connectivity index (χ0) is 19.5. The summed E-state index contributed by atoms with van der Waals surface area (Å²) in [6, 6.07) is 19.0. The van der Waals surface area contributed by atoms with E-state index in [9.17, 15) is 9.59 Å². The van der Waals surface area contributed by atoms with E-state index in [4.69, 9.17) is 4.74 Å². The van der Waals surface area contributed by atoms with Gasteiger partial charge in [0.25, 0.3) is 0 Å². The summed E-state index contributed by atoms with van der Waals surface area (Å²) in [7, 11) is 0. The lowest BCUT2D eigenvalue weighted by Crippen LogP contribution is -2.39. The molecule has 2 N–H and O–H groups in total. The van der Waals surface area contributed by atoms with E-state index in [-0.39, 0.29) is 31.0 Å². The molecule has 0 spiro atoms. The first-order valence-electron chi connectivity index (χ1n) is 9.40. The van der Waals surface area contributed by atoms with Crippen LogP contribution in [-0.4, -0.2) is 18.0 Å². The predicted octanol–water partition coefficient (Wildman–Crippen LogP) is 4.35. The maximum absolute atomic E-state index is 12.4. The Morgan fingerprint density at radius 1 is 0.963 bits per heavy atom. The van der Waals surface area contributed by atoms with Gasteiger partial charge in [-0.3, -0.25) is 4.79 Å². The second-order valence-electron chi connectivity index (χ2n) is 6.60. The molecule has 0 aliphatic carbocycles. The van der Waals surface area contributed by atoms with Gasteiger partial charge in [-0.1, -0.05) is 74.0 Å². The van der Waals surface area contributed by atoms with E-state index in [2.05, 4.69) is 10.6 Å². The van der Waals surface area contributed by atoms with Crippen molar-refractivity contribution in [2.24, 2.45) is 0 Å². The van der Waals surface area contributed by atoms with Gasteiger partial charge in [0, 0.05) is 12.5 Å². The van der Waals surface area contributed by atoms with Crippen molar-refractivity contribution in [3.63, 3.8) is 0 Å². The standard InChI is InChI=1S/C22H28N2O3/c1-3-10-20(24-22(26)27-16-18-11-6-4-7-12-18)15-21(25)23-17(2)19-13-8-5-9-14-19/h4-9,11-14,17,20H,3,10,15-16H2,1-2H3,(H,23,25)(H,24,26)/t17-,20?/m0/s1. The average molecular weight is 368 g/mol. The number of amides is 2. The highest BCUT2D eigenvalue weighted by molar-refractivity contribution is 5.78. The summed E-state index contributed by atoms with van der Waals surface area (Å²) in [6.07, 6.45) is 1.31. The van der Waals surface area contributed by atoms with Crippen molar-refractivity contribution in [3.05, 3.63) is 71.8 Å². The summed E-state index contributed by atoms with van der Waals surface area (Å²) in [4.78, 5) is 24.4. The van der Waals surface area contributed by atoms with E-state index in [1.165, 1.54) is 0 Å². The molecular weight excluding hydrogens is 340 g/mol. The smallest absolute Gasteiger partial charge is 0.407 e. The molecular formula is C22H28N2O3. The molecule has 2 aromatic carbocycles. The second kappa shape index (κ2) is 11.0. The summed E-state index contributed by atoms with van der Waals surface area (Å²) in [6.45, 7) is 4.18. The van der Waals surface area contributed by atoms with Crippen molar-refractivity contribution >= 4 is 12.0 Å². The number of benzene rings is 2. The molecule has 0 saturated heterocycles. The quantitative estimate of drug-likeness (QED) is 0.691. The first-order chi connectivity index (χ1) is 13.1. The van der Waals surface area contributed by atoms with Crippen molar-refractivity contribution < 1.29 is 14.3 Å². The first-order valence-corrected chi connectivity index (χ1v) is 9.40. The maximum Gasteiger partial charge on any atom is 0.407 e. The van der Waals surface area contributed by atoms with Crippen molar-refractivity contribution in [2.75, 3.05) is 0 Å². The van der Waals surface area contributed by atoms with Gasteiger partial charge in [-0.15, -0.1) is 0 Å². The van der Waals surface area contributed by atoms with Gasteiger partial charge < -0.3 is 15.4 Å². The third kappa shape index (κ3) is 7.52. The van der Waals surface area contributed by atoms with Crippen LogP contribution in [0.1, 0.15) is 50.3 Å². The van der Waals surface area contributed by atoms with Crippen LogP contribution in [0.3, 0.4) is 0 Å². The Morgan fingerprint density at radius 3 is 2.22 bits per heavy atom. The van der Waals surface area contributed by atoms with E-state index in [0.717, 1.165) is 17.5 Å². The lowest BCUT2D eigenvalue weighted by molar-refractivity contribution is -0.122. The summed E-state index contributed by atoms with van der Waals surface area (Å²) in [5.41, 5.74) is 1.97. The zero-order valence-corrected chi connectivity index (χ0v) is 16.0. The zero-order valence-electron chi connectivity index (χ0n) is 16.0. The highest BCUT2D eigenvalue weighted by atomic mass is 16.5. The number of hydrogen-bond acceptors (Lipinski definition) is 3. The molecule has 2 rings (SSSR count). The molecule has 27 heavy (non-hydrogen) atoms. The van der Waals surface area contributed by atoms with E-state index in [0.29, 0.717) is 6.42 Å². The maximum atomic E-state index is 12.4. The first kappa shape index (κ1) is 20.5. The topological polar surface area (TPSA) is 67.4 Å². The minimum absolute atomic E-state index is 0.0778. The van der Waals surface area contributed by atoms with Crippen LogP contribution >= 0.6 is 0 Å². The third-order valence-electron chi connectivity index (χ3n) is 4.28. The highest BCUT2D eigenvalue weighted by Gasteiger charge is 2.18. The number of nitrogens with one attached hydrogen (secondary N) is 2. The highest BCUT2D eigenvalue weighted by Crippen LogP contribution is 2.12. The van der Waals surface area contributed by atoms with Crippen LogP contribution in [0.15, 0.2) is 60.7 Å². The SMILES string of the molecule is CCCC(CC(=O)N[C@@H](C)c1ccccc1)NC(=O)OCc1ccccc1. The molecule has 0 aliphatic heterocycles. The number of ether oxygens (including phenoxy) is 1. The lowest BCUT2D eigenvalue weighted by atomic mass is 10.1. The van der Waals surface area contributed by atoms with Crippen LogP contribution in [0.2, 0.25) is 0 Å². The molecule has 0 bridgehead atoms. The van der Waals surface area contributed by atoms with Gasteiger partial charge in [-0.25, -0.2) is 4.79 Å². The molecule has 0 fully saturated rings. The fourth-order valence-corrected chi connectivity index (χ4v) is 2.85. The van der Waals surface area contributed by atoms with Crippen LogP contribution in [0.25, 0.3) is 0 Å². The van der Waals surface area contributed by atoms with Crippen LogP contribution in [0.4, 0.5) is 4.79 Å². The van der Waals surface area contributed by atoms with E-state index < -0.39 is 6.09 Å². The van der Waals surface area contributed by atoms with Gasteiger partial charge in [0.05, 0.1) is 6.04 Å². The number of carbonyl (C=O) groups excluding carboxylic acids is 2. The van der Waals surface area contributed by atoms with Gasteiger partial charge in [-0.2, -0.15) is 0 Å². The van der Waals surface area contributed by atoms with Crippen molar-refractivity contribution in [2.45, 2.75) is 51.8 Å². The monoisotopic (exact) mass is 368 g/mol. The number of rotatable bonds is 9. The molecule has 1 unspecified atom stereocenters. The summed E-state index contributed by atoms with van der Waals surface area (Å²) in [5.74, 6) is -0.0897. The normalized spacial score (nSPS) is 12.7. The Hall–Kier alpha value is -2.82. The van der Waals surface area contributed by atoms with Crippen LogP contribution in [0, 0.1) is 0 Å². The molecule has 144 valence electrons. The summed E-state index contributed by atoms with van der Waals surface area (Å²) >= 11 is 0. The minimum atomic E-state index is -0.499. The molecule has 0 aliphatic rings. The Bertz CT molecular complexity index is 704. The average Bonchev–Trinajstić information content (AvgIpc) is 2.68. The fraction of sp³-hybridized carbons (Fsp3) is 0.364. The Labute approximate surface area is 161 Å². The predicted molar refractivity (Wildman–Crippen MR) is 106 cm³/mol. The third-order valence-corrected chi connectivity index (χ3v) is 4.28.